The lowest BCUT2D eigenvalue weighted by Crippen LogP contribution is -2.46. The van der Waals surface area contributed by atoms with Gasteiger partial charge in [-0.25, -0.2) is 0 Å². The molecule has 1 aliphatic rings. The van der Waals surface area contributed by atoms with Crippen molar-refractivity contribution in [1.29, 1.82) is 0 Å². The summed E-state index contributed by atoms with van der Waals surface area (Å²) in [6.45, 7) is 4.37. The highest BCUT2D eigenvalue weighted by atomic mass is 16.7. The van der Waals surface area contributed by atoms with E-state index in [2.05, 4.69) is 0 Å². The van der Waals surface area contributed by atoms with Crippen molar-refractivity contribution in [2.24, 2.45) is 5.41 Å². The fourth-order valence-corrected chi connectivity index (χ4v) is 1.50. The summed E-state index contributed by atoms with van der Waals surface area (Å²) in [4.78, 5) is 0. The average Bonchev–Trinajstić information content (AvgIpc) is 2.11. The number of hydrogen-bond donors (Lipinski definition) is 0. The van der Waals surface area contributed by atoms with E-state index in [-0.39, 0.29) is 11.7 Å². The molecule has 0 bridgehead atoms. The van der Waals surface area contributed by atoms with Crippen LogP contribution in [0.4, 0.5) is 0 Å². The SMILES string of the molecule is COCC1(COC)COC(C)OC1. The molecule has 13 heavy (non-hydrogen) atoms. The van der Waals surface area contributed by atoms with Gasteiger partial charge in [0.25, 0.3) is 0 Å². The van der Waals surface area contributed by atoms with Crippen molar-refractivity contribution in [3.05, 3.63) is 0 Å². The molecule has 0 saturated carbocycles. The van der Waals surface area contributed by atoms with Crippen molar-refractivity contribution in [2.75, 3.05) is 40.6 Å². The first-order valence-electron chi connectivity index (χ1n) is 4.43. The summed E-state index contributed by atoms with van der Waals surface area (Å²) < 4.78 is 21.1. The molecular weight excluding hydrogens is 172 g/mol. The highest BCUT2D eigenvalue weighted by molar-refractivity contribution is 4.81. The van der Waals surface area contributed by atoms with Gasteiger partial charge in [0.1, 0.15) is 0 Å². The summed E-state index contributed by atoms with van der Waals surface area (Å²) in [6, 6.07) is 0. The predicted octanol–water partition coefficient (Wildman–Crippen LogP) is 0.658. The van der Waals surface area contributed by atoms with E-state index in [1.54, 1.807) is 14.2 Å². The van der Waals surface area contributed by atoms with Crippen LogP contribution >= 0.6 is 0 Å². The maximum Gasteiger partial charge on any atom is 0.154 e. The minimum atomic E-state index is -0.129. The van der Waals surface area contributed by atoms with Crippen LogP contribution in [0.25, 0.3) is 0 Å². The number of hydrogen-bond acceptors (Lipinski definition) is 4. The van der Waals surface area contributed by atoms with Crippen LogP contribution in [0.2, 0.25) is 0 Å². The summed E-state index contributed by atoms with van der Waals surface area (Å²) in [7, 11) is 3.35. The van der Waals surface area contributed by atoms with E-state index >= 15 is 0 Å². The van der Waals surface area contributed by atoms with E-state index in [0.29, 0.717) is 26.4 Å². The molecule has 0 radical (unpaired) electrons. The normalized spacial score (nSPS) is 23.3. The van der Waals surface area contributed by atoms with Gasteiger partial charge in [-0.05, 0) is 6.92 Å². The van der Waals surface area contributed by atoms with Gasteiger partial charge in [-0.3, -0.25) is 0 Å². The van der Waals surface area contributed by atoms with Crippen LogP contribution in [0.15, 0.2) is 0 Å². The second-order valence-corrected chi connectivity index (χ2v) is 3.56. The zero-order valence-corrected chi connectivity index (χ0v) is 8.54. The highest BCUT2D eigenvalue weighted by Gasteiger charge is 2.36. The molecule has 1 heterocycles. The molecule has 0 aromatic rings. The van der Waals surface area contributed by atoms with E-state index in [4.69, 9.17) is 18.9 Å². The maximum absolute atomic E-state index is 5.42. The topological polar surface area (TPSA) is 36.9 Å². The van der Waals surface area contributed by atoms with E-state index in [9.17, 15) is 0 Å². The number of rotatable bonds is 4. The molecule has 4 heteroatoms. The molecule has 0 aromatic carbocycles. The first-order valence-corrected chi connectivity index (χ1v) is 4.43. The Morgan fingerprint density at radius 3 is 2.00 bits per heavy atom. The highest BCUT2D eigenvalue weighted by Crippen LogP contribution is 2.25. The van der Waals surface area contributed by atoms with E-state index in [0.717, 1.165) is 0 Å². The summed E-state index contributed by atoms with van der Waals surface area (Å²) in [5, 5.41) is 0. The molecule has 0 amide bonds. The fourth-order valence-electron chi connectivity index (χ4n) is 1.50. The lowest BCUT2D eigenvalue weighted by molar-refractivity contribution is -0.239. The van der Waals surface area contributed by atoms with Crippen molar-refractivity contribution in [2.45, 2.75) is 13.2 Å². The third-order valence-electron chi connectivity index (χ3n) is 2.15. The zero-order valence-electron chi connectivity index (χ0n) is 8.54. The van der Waals surface area contributed by atoms with Crippen molar-refractivity contribution in [3.8, 4) is 0 Å². The van der Waals surface area contributed by atoms with Gasteiger partial charge in [-0.15, -0.1) is 0 Å². The molecule has 0 spiro atoms. The molecule has 1 saturated heterocycles. The fraction of sp³-hybridized carbons (Fsp3) is 1.00. The lowest BCUT2D eigenvalue weighted by Gasteiger charge is -2.37. The van der Waals surface area contributed by atoms with E-state index < -0.39 is 0 Å². The molecule has 0 aliphatic carbocycles. The Bertz CT molecular complexity index is 133. The first-order chi connectivity index (χ1) is 6.22. The van der Waals surface area contributed by atoms with Gasteiger partial charge < -0.3 is 18.9 Å². The Balaban J connectivity index is 2.47. The minimum absolute atomic E-state index is 0.109. The molecule has 0 atom stereocenters. The van der Waals surface area contributed by atoms with Crippen molar-refractivity contribution in [1.82, 2.24) is 0 Å². The Morgan fingerprint density at radius 2 is 1.62 bits per heavy atom. The molecule has 1 rings (SSSR count). The number of ether oxygens (including phenoxy) is 4. The van der Waals surface area contributed by atoms with Gasteiger partial charge in [0, 0.05) is 14.2 Å². The van der Waals surface area contributed by atoms with Gasteiger partial charge in [0.15, 0.2) is 6.29 Å². The quantitative estimate of drug-likeness (QED) is 0.652. The minimum Gasteiger partial charge on any atom is -0.384 e. The smallest absolute Gasteiger partial charge is 0.154 e. The van der Waals surface area contributed by atoms with Crippen molar-refractivity contribution in [3.63, 3.8) is 0 Å². The first kappa shape index (κ1) is 10.9. The Hall–Kier alpha value is -0.160. The predicted molar refractivity (Wildman–Crippen MR) is 47.6 cm³/mol. The van der Waals surface area contributed by atoms with E-state index in [1.165, 1.54) is 0 Å². The number of methoxy groups -OCH3 is 2. The van der Waals surface area contributed by atoms with Crippen LogP contribution in [0, 0.1) is 5.41 Å². The van der Waals surface area contributed by atoms with Crippen LogP contribution in [0.5, 0.6) is 0 Å². The zero-order chi connectivity index (χ0) is 9.73. The third kappa shape index (κ3) is 2.91. The van der Waals surface area contributed by atoms with Crippen LogP contribution in [-0.2, 0) is 18.9 Å². The van der Waals surface area contributed by atoms with Crippen molar-refractivity contribution >= 4 is 0 Å². The second-order valence-electron chi connectivity index (χ2n) is 3.56. The molecule has 0 N–H and O–H groups in total. The molecule has 78 valence electrons. The Kier molecular flexibility index (Phi) is 4.12. The Morgan fingerprint density at radius 1 is 1.15 bits per heavy atom. The summed E-state index contributed by atoms with van der Waals surface area (Å²) >= 11 is 0. The molecule has 0 unspecified atom stereocenters. The summed E-state index contributed by atoms with van der Waals surface area (Å²) in [5.41, 5.74) is -0.129. The van der Waals surface area contributed by atoms with Gasteiger partial charge in [0.2, 0.25) is 0 Å². The molecule has 1 aliphatic heterocycles. The average molecular weight is 190 g/mol. The van der Waals surface area contributed by atoms with Crippen molar-refractivity contribution < 1.29 is 18.9 Å². The van der Waals surface area contributed by atoms with Gasteiger partial charge in [0.05, 0.1) is 31.8 Å². The van der Waals surface area contributed by atoms with Crippen LogP contribution in [0.3, 0.4) is 0 Å². The molecular formula is C9H18O4. The van der Waals surface area contributed by atoms with Crippen LogP contribution < -0.4 is 0 Å². The second kappa shape index (κ2) is 4.91. The van der Waals surface area contributed by atoms with Crippen LogP contribution in [-0.4, -0.2) is 46.9 Å². The van der Waals surface area contributed by atoms with E-state index in [1.807, 2.05) is 6.92 Å². The standard InChI is InChI=1S/C9H18O4/c1-8-12-6-9(4-10-2,5-11-3)7-13-8/h8H,4-7H2,1-3H3. The molecule has 1 fully saturated rings. The summed E-state index contributed by atoms with van der Waals surface area (Å²) in [5.74, 6) is 0. The molecule has 0 aromatic heterocycles. The van der Waals surface area contributed by atoms with Gasteiger partial charge in [-0.2, -0.15) is 0 Å². The Labute approximate surface area is 79.1 Å². The maximum atomic E-state index is 5.42. The van der Waals surface area contributed by atoms with Gasteiger partial charge >= 0.3 is 0 Å². The van der Waals surface area contributed by atoms with Crippen LogP contribution in [0.1, 0.15) is 6.92 Å². The molecule has 4 nitrogen and oxygen atoms in total. The van der Waals surface area contributed by atoms with Gasteiger partial charge in [-0.1, -0.05) is 0 Å². The largest absolute Gasteiger partial charge is 0.384 e. The monoisotopic (exact) mass is 190 g/mol. The summed E-state index contributed by atoms with van der Waals surface area (Å²) in [6.07, 6.45) is -0.109. The third-order valence-corrected chi connectivity index (χ3v) is 2.15. The lowest BCUT2D eigenvalue weighted by atomic mass is 9.91.